The van der Waals surface area contributed by atoms with Crippen LogP contribution in [0.3, 0.4) is 0 Å². The van der Waals surface area contributed by atoms with Crippen LogP contribution in [-0.4, -0.2) is 47.5 Å². The molecule has 2 atom stereocenters. The molecule has 4 N–H and O–H groups in total. The summed E-state index contributed by atoms with van der Waals surface area (Å²) in [6.07, 6.45) is 2.66. The Morgan fingerprint density at radius 2 is 2.05 bits per heavy atom. The fourth-order valence-electron chi connectivity index (χ4n) is 3.58. The number of benzene rings is 1. The Kier molecular flexibility index (Phi) is 3.48. The van der Waals surface area contributed by atoms with E-state index in [1.54, 1.807) is 6.07 Å². The number of ether oxygens (including phenoxy) is 1. The van der Waals surface area contributed by atoms with Gasteiger partial charge < -0.3 is 20.7 Å². The first kappa shape index (κ1) is 13.5. The number of fused-ring (bicyclic) bond motifs is 3. The van der Waals surface area contributed by atoms with Crippen molar-refractivity contribution >= 4 is 5.69 Å². The van der Waals surface area contributed by atoms with Gasteiger partial charge in [0.05, 0.1) is 18.9 Å². The predicted octanol–water partition coefficient (Wildman–Crippen LogP) is 0.981. The average molecular weight is 278 g/mol. The van der Waals surface area contributed by atoms with Crippen molar-refractivity contribution in [3.8, 4) is 11.5 Å². The van der Waals surface area contributed by atoms with Gasteiger partial charge in [-0.15, -0.1) is 0 Å². The second-order valence-electron chi connectivity index (χ2n) is 5.87. The van der Waals surface area contributed by atoms with Crippen LogP contribution in [0.1, 0.15) is 18.4 Å². The fraction of sp³-hybridized carbons (Fsp3) is 0.600. The van der Waals surface area contributed by atoms with E-state index in [-0.39, 0.29) is 17.9 Å². The standard InChI is InChI=1S/C15H22N2O3/c1-20-13-8-9(6-11(16)15(13)19)7-12-14(18)10-2-4-17(12)5-3-10/h6,8,10,12,14,18-19H,2-5,7,16H2,1H3. The van der Waals surface area contributed by atoms with Crippen LogP contribution in [0.25, 0.3) is 0 Å². The Balaban J connectivity index is 1.82. The number of anilines is 1. The van der Waals surface area contributed by atoms with Gasteiger partial charge in [0.2, 0.25) is 0 Å². The second-order valence-corrected chi connectivity index (χ2v) is 5.87. The van der Waals surface area contributed by atoms with Gasteiger partial charge in [0.25, 0.3) is 0 Å². The summed E-state index contributed by atoms with van der Waals surface area (Å²) in [5.41, 5.74) is 7.12. The Morgan fingerprint density at radius 1 is 1.35 bits per heavy atom. The molecule has 3 fully saturated rings. The average Bonchev–Trinajstić information content (AvgIpc) is 2.46. The molecule has 5 heteroatoms. The number of nitrogens with two attached hydrogens (primary N) is 1. The third-order valence-electron chi connectivity index (χ3n) is 4.75. The minimum absolute atomic E-state index is 0.0118. The van der Waals surface area contributed by atoms with Gasteiger partial charge in [-0.1, -0.05) is 0 Å². The predicted molar refractivity (Wildman–Crippen MR) is 76.9 cm³/mol. The summed E-state index contributed by atoms with van der Waals surface area (Å²) in [5, 5.41) is 20.2. The lowest BCUT2D eigenvalue weighted by Crippen LogP contribution is -2.58. The van der Waals surface area contributed by atoms with E-state index in [0.29, 0.717) is 17.4 Å². The van der Waals surface area contributed by atoms with E-state index in [0.717, 1.165) is 37.9 Å². The summed E-state index contributed by atoms with van der Waals surface area (Å²) in [7, 11) is 1.51. The van der Waals surface area contributed by atoms with E-state index in [1.807, 2.05) is 6.07 Å². The molecule has 0 spiro atoms. The smallest absolute Gasteiger partial charge is 0.181 e. The van der Waals surface area contributed by atoms with Crippen LogP contribution in [-0.2, 0) is 6.42 Å². The highest BCUT2D eigenvalue weighted by atomic mass is 16.5. The van der Waals surface area contributed by atoms with Crippen molar-refractivity contribution in [2.45, 2.75) is 31.4 Å². The molecule has 2 unspecified atom stereocenters. The number of aliphatic hydroxyl groups excluding tert-OH is 1. The first-order chi connectivity index (χ1) is 9.60. The Hall–Kier alpha value is -1.46. The van der Waals surface area contributed by atoms with Crippen molar-refractivity contribution in [2.24, 2.45) is 5.92 Å². The topological polar surface area (TPSA) is 79.0 Å². The molecule has 0 amide bonds. The van der Waals surface area contributed by atoms with Gasteiger partial charge in [-0.05, 0) is 56.0 Å². The highest BCUT2D eigenvalue weighted by molar-refractivity contribution is 5.61. The monoisotopic (exact) mass is 278 g/mol. The minimum atomic E-state index is -0.265. The van der Waals surface area contributed by atoms with Crippen molar-refractivity contribution in [3.63, 3.8) is 0 Å². The van der Waals surface area contributed by atoms with Gasteiger partial charge in [-0.25, -0.2) is 0 Å². The number of phenols is 1. The summed E-state index contributed by atoms with van der Waals surface area (Å²) in [4.78, 5) is 2.36. The molecule has 3 aliphatic heterocycles. The SMILES string of the molecule is COc1cc(CC2C(O)C3CCN2CC3)cc(N)c1O. The van der Waals surface area contributed by atoms with Crippen molar-refractivity contribution in [1.29, 1.82) is 0 Å². The van der Waals surface area contributed by atoms with E-state index in [9.17, 15) is 10.2 Å². The van der Waals surface area contributed by atoms with Gasteiger partial charge in [0.1, 0.15) is 0 Å². The molecule has 3 aliphatic rings. The Bertz CT molecular complexity index is 496. The van der Waals surface area contributed by atoms with E-state index in [2.05, 4.69) is 4.90 Å². The molecule has 0 radical (unpaired) electrons. The third-order valence-corrected chi connectivity index (χ3v) is 4.75. The largest absolute Gasteiger partial charge is 0.503 e. The van der Waals surface area contributed by atoms with Gasteiger partial charge in [0, 0.05) is 6.04 Å². The van der Waals surface area contributed by atoms with E-state index in [1.165, 1.54) is 7.11 Å². The maximum atomic E-state index is 10.4. The van der Waals surface area contributed by atoms with Crippen LogP contribution >= 0.6 is 0 Å². The zero-order chi connectivity index (χ0) is 14.3. The van der Waals surface area contributed by atoms with Crippen molar-refractivity contribution in [2.75, 3.05) is 25.9 Å². The lowest BCUT2D eigenvalue weighted by molar-refractivity contribution is -0.0715. The number of piperidine rings is 3. The molecule has 5 nitrogen and oxygen atoms in total. The third kappa shape index (κ3) is 2.21. The number of nitrogens with zero attached hydrogens (tertiary/aromatic N) is 1. The van der Waals surface area contributed by atoms with Crippen LogP contribution in [0.4, 0.5) is 5.69 Å². The number of phenolic OH excluding ortho intramolecular Hbond substituents is 1. The lowest BCUT2D eigenvalue weighted by atomic mass is 9.78. The van der Waals surface area contributed by atoms with Crippen molar-refractivity contribution < 1.29 is 14.9 Å². The number of rotatable bonds is 3. The van der Waals surface area contributed by atoms with Gasteiger partial charge >= 0.3 is 0 Å². The molecule has 0 aromatic heterocycles. The molecule has 110 valence electrons. The highest BCUT2D eigenvalue weighted by Gasteiger charge is 2.41. The summed E-state index contributed by atoms with van der Waals surface area (Å²) in [6, 6.07) is 3.73. The van der Waals surface area contributed by atoms with Crippen LogP contribution < -0.4 is 10.5 Å². The van der Waals surface area contributed by atoms with Crippen molar-refractivity contribution in [1.82, 2.24) is 4.90 Å². The molecule has 4 rings (SSSR count). The molecule has 20 heavy (non-hydrogen) atoms. The van der Waals surface area contributed by atoms with Crippen LogP contribution in [0, 0.1) is 5.92 Å². The Labute approximate surface area is 119 Å². The molecule has 1 aromatic carbocycles. The quantitative estimate of drug-likeness (QED) is 0.567. The number of aliphatic hydroxyl groups is 1. The number of hydrogen-bond acceptors (Lipinski definition) is 5. The van der Waals surface area contributed by atoms with Gasteiger partial charge in [0.15, 0.2) is 11.5 Å². The molecular weight excluding hydrogens is 256 g/mol. The highest BCUT2D eigenvalue weighted by Crippen LogP contribution is 2.37. The summed E-state index contributed by atoms with van der Waals surface area (Å²) < 4.78 is 5.14. The van der Waals surface area contributed by atoms with E-state index >= 15 is 0 Å². The molecule has 3 heterocycles. The first-order valence-electron chi connectivity index (χ1n) is 7.17. The maximum Gasteiger partial charge on any atom is 0.181 e. The molecule has 0 aliphatic carbocycles. The van der Waals surface area contributed by atoms with Crippen LogP contribution in [0.5, 0.6) is 11.5 Å². The summed E-state index contributed by atoms with van der Waals surface area (Å²) in [5.74, 6) is 0.814. The van der Waals surface area contributed by atoms with E-state index < -0.39 is 0 Å². The first-order valence-corrected chi connectivity index (χ1v) is 7.17. The zero-order valence-corrected chi connectivity index (χ0v) is 11.7. The Morgan fingerprint density at radius 3 is 2.65 bits per heavy atom. The van der Waals surface area contributed by atoms with Crippen molar-refractivity contribution in [3.05, 3.63) is 17.7 Å². The number of nitrogen functional groups attached to an aromatic ring is 1. The summed E-state index contributed by atoms with van der Waals surface area (Å²) >= 11 is 0. The minimum Gasteiger partial charge on any atom is -0.503 e. The number of methoxy groups -OCH3 is 1. The van der Waals surface area contributed by atoms with E-state index in [4.69, 9.17) is 10.5 Å². The summed E-state index contributed by atoms with van der Waals surface area (Å²) in [6.45, 7) is 2.13. The molecule has 0 saturated carbocycles. The number of aromatic hydroxyl groups is 1. The molecular formula is C15H22N2O3. The normalized spacial score (nSPS) is 32.3. The van der Waals surface area contributed by atoms with Gasteiger partial charge in [-0.3, -0.25) is 4.90 Å². The van der Waals surface area contributed by atoms with Crippen LogP contribution in [0.2, 0.25) is 0 Å². The zero-order valence-electron chi connectivity index (χ0n) is 11.7. The molecule has 3 saturated heterocycles. The fourth-order valence-corrected chi connectivity index (χ4v) is 3.58. The molecule has 2 bridgehead atoms. The molecule has 1 aromatic rings. The van der Waals surface area contributed by atoms with Crippen LogP contribution in [0.15, 0.2) is 12.1 Å². The second kappa shape index (κ2) is 5.14. The maximum absolute atomic E-state index is 10.4. The van der Waals surface area contributed by atoms with Gasteiger partial charge in [-0.2, -0.15) is 0 Å². The lowest BCUT2D eigenvalue weighted by Gasteiger charge is -2.49. The number of hydrogen-bond donors (Lipinski definition) is 3.